The van der Waals surface area contributed by atoms with Crippen LogP contribution in [-0.2, 0) is 16.1 Å². The number of aliphatic imine (C=N–C) groups is 1. The number of esters is 1. The molecule has 0 amide bonds. The molecule has 23 heavy (non-hydrogen) atoms. The average molecular weight is 315 g/mol. The van der Waals surface area contributed by atoms with E-state index in [1.54, 1.807) is 0 Å². The zero-order valence-electron chi connectivity index (χ0n) is 13.6. The van der Waals surface area contributed by atoms with Crippen molar-refractivity contribution in [3.05, 3.63) is 35.4 Å². The van der Waals surface area contributed by atoms with Gasteiger partial charge in [0.15, 0.2) is 0 Å². The highest BCUT2D eigenvalue weighted by Crippen LogP contribution is 2.16. The monoisotopic (exact) mass is 315 g/mol. The number of nitrogens with zero attached hydrogens (tertiary/aromatic N) is 2. The Hall–Kier alpha value is -1.88. The van der Waals surface area contributed by atoms with Crippen molar-refractivity contribution in [3.8, 4) is 0 Å². The SMILES string of the molecule is O=C(CN1CCCCCC1)OCCNC1=NCc2ccccc21. The van der Waals surface area contributed by atoms with Gasteiger partial charge in [0.2, 0.25) is 0 Å². The smallest absolute Gasteiger partial charge is 0.320 e. The lowest BCUT2D eigenvalue weighted by Gasteiger charge is -2.18. The van der Waals surface area contributed by atoms with Gasteiger partial charge in [-0.2, -0.15) is 0 Å². The van der Waals surface area contributed by atoms with Crippen molar-refractivity contribution in [1.29, 1.82) is 0 Å². The Balaban J connectivity index is 1.35. The first-order chi connectivity index (χ1) is 11.3. The van der Waals surface area contributed by atoms with Crippen LogP contribution in [0.3, 0.4) is 0 Å². The van der Waals surface area contributed by atoms with Gasteiger partial charge >= 0.3 is 5.97 Å². The van der Waals surface area contributed by atoms with Gasteiger partial charge in [0.1, 0.15) is 12.4 Å². The molecule has 3 rings (SSSR count). The van der Waals surface area contributed by atoms with Crippen molar-refractivity contribution >= 4 is 11.8 Å². The second-order valence-corrected chi connectivity index (χ2v) is 6.16. The van der Waals surface area contributed by atoms with Crippen LogP contribution in [0.25, 0.3) is 0 Å². The Morgan fingerprint density at radius 1 is 1.17 bits per heavy atom. The fraction of sp³-hybridized carbons (Fsp3) is 0.556. The molecule has 0 radical (unpaired) electrons. The molecule has 5 nitrogen and oxygen atoms in total. The number of rotatable bonds is 5. The number of likely N-dealkylation sites (tertiary alicyclic amines) is 1. The lowest BCUT2D eigenvalue weighted by molar-refractivity contribution is -0.144. The molecular weight excluding hydrogens is 290 g/mol. The number of nitrogens with one attached hydrogen (secondary N) is 1. The number of benzene rings is 1. The fourth-order valence-corrected chi connectivity index (χ4v) is 3.15. The van der Waals surface area contributed by atoms with Crippen LogP contribution in [0.1, 0.15) is 36.8 Å². The Bertz CT molecular complexity index is 563. The first-order valence-electron chi connectivity index (χ1n) is 8.57. The predicted octanol–water partition coefficient (Wildman–Crippen LogP) is 1.96. The summed E-state index contributed by atoms with van der Waals surface area (Å²) in [5.74, 6) is 0.784. The molecule has 0 spiro atoms. The molecule has 1 N–H and O–H groups in total. The maximum atomic E-state index is 11.9. The molecule has 5 heteroatoms. The summed E-state index contributed by atoms with van der Waals surface area (Å²) in [5, 5.41) is 3.27. The summed E-state index contributed by atoms with van der Waals surface area (Å²) in [6, 6.07) is 8.21. The van der Waals surface area contributed by atoms with E-state index in [-0.39, 0.29) is 5.97 Å². The summed E-state index contributed by atoms with van der Waals surface area (Å²) in [7, 11) is 0. The molecule has 0 atom stereocenters. The molecule has 0 saturated carbocycles. The Kier molecular flexibility index (Phi) is 5.64. The van der Waals surface area contributed by atoms with Gasteiger partial charge in [-0.05, 0) is 31.5 Å². The molecule has 2 aliphatic heterocycles. The molecule has 0 aromatic heterocycles. The van der Waals surface area contributed by atoms with E-state index < -0.39 is 0 Å². The Morgan fingerprint density at radius 3 is 2.78 bits per heavy atom. The van der Waals surface area contributed by atoms with Crippen molar-refractivity contribution in [2.75, 3.05) is 32.8 Å². The molecule has 0 aliphatic carbocycles. The third kappa shape index (κ3) is 4.55. The van der Waals surface area contributed by atoms with Crippen LogP contribution in [0, 0.1) is 0 Å². The highest BCUT2D eigenvalue weighted by atomic mass is 16.5. The van der Waals surface area contributed by atoms with Crippen molar-refractivity contribution in [2.24, 2.45) is 4.99 Å². The Labute approximate surface area is 137 Å². The van der Waals surface area contributed by atoms with Gasteiger partial charge < -0.3 is 10.1 Å². The highest BCUT2D eigenvalue weighted by molar-refractivity contribution is 6.01. The zero-order valence-corrected chi connectivity index (χ0v) is 13.6. The minimum atomic E-state index is -0.123. The number of carbonyl (C=O) groups is 1. The molecule has 1 aromatic rings. The minimum absolute atomic E-state index is 0.123. The van der Waals surface area contributed by atoms with Crippen LogP contribution in [0.5, 0.6) is 0 Å². The normalized spacial score (nSPS) is 18.0. The summed E-state index contributed by atoms with van der Waals surface area (Å²) >= 11 is 0. The van der Waals surface area contributed by atoms with Crippen LogP contribution in [0.4, 0.5) is 0 Å². The predicted molar refractivity (Wildman–Crippen MR) is 90.6 cm³/mol. The summed E-state index contributed by atoms with van der Waals surface area (Å²) < 4.78 is 5.34. The maximum absolute atomic E-state index is 11.9. The third-order valence-corrected chi connectivity index (χ3v) is 4.39. The van der Waals surface area contributed by atoms with Crippen LogP contribution >= 0.6 is 0 Å². The van der Waals surface area contributed by atoms with Gasteiger partial charge in [0.05, 0.1) is 19.6 Å². The van der Waals surface area contributed by atoms with E-state index in [0.717, 1.165) is 31.0 Å². The lowest BCUT2D eigenvalue weighted by Crippen LogP contribution is -2.33. The van der Waals surface area contributed by atoms with Crippen LogP contribution in [0.15, 0.2) is 29.3 Å². The molecule has 0 unspecified atom stereocenters. The van der Waals surface area contributed by atoms with Gasteiger partial charge in [-0.1, -0.05) is 37.1 Å². The number of hydrogen-bond acceptors (Lipinski definition) is 5. The van der Waals surface area contributed by atoms with E-state index in [2.05, 4.69) is 27.3 Å². The zero-order chi connectivity index (χ0) is 15.9. The average Bonchev–Trinajstić information content (AvgIpc) is 2.80. The summed E-state index contributed by atoms with van der Waals surface area (Å²) in [6.07, 6.45) is 4.93. The van der Waals surface area contributed by atoms with Crippen molar-refractivity contribution in [2.45, 2.75) is 32.2 Å². The first kappa shape index (κ1) is 16.0. The fourth-order valence-electron chi connectivity index (χ4n) is 3.15. The van der Waals surface area contributed by atoms with Gasteiger partial charge in [-0.15, -0.1) is 0 Å². The molecule has 1 aromatic carbocycles. The number of ether oxygens (including phenoxy) is 1. The third-order valence-electron chi connectivity index (χ3n) is 4.39. The number of amidine groups is 1. The number of hydrogen-bond donors (Lipinski definition) is 1. The van der Waals surface area contributed by atoms with E-state index in [1.165, 1.54) is 31.2 Å². The summed E-state index contributed by atoms with van der Waals surface area (Å²) in [5.41, 5.74) is 2.40. The molecule has 124 valence electrons. The second kappa shape index (κ2) is 8.11. The van der Waals surface area contributed by atoms with E-state index >= 15 is 0 Å². The minimum Gasteiger partial charge on any atom is -0.463 e. The molecule has 1 fully saturated rings. The summed E-state index contributed by atoms with van der Waals surface area (Å²) in [6.45, 7) is 4.16. The number of fused-ring (bicyclic) bond motifs is 1. The van der Waals surface area contributed by atoms with Gasteiger partial charge in [0.25, 0.3) is 0 Å². The van der Waals surface area contributed by atoms with Crippen molar-refractivity contribution in [1.82, 2.24) is 10.2 Å². The highest BCUT2D eigenvalue weighted by Gasteiger charge is 2.15. The van der Waals surface area contributed by atoms with Crippen LogP contribution in [0.2, 0.25) is 0 Å². The molecular formula is C18H25N3O2. The second-order valence-electron chi connectivity index (χ2n) is 6.16. The quantitative estimate of drug-likeness (QED) is 0.666. The Morgan fingerprint density at radius 2 is 1.96 bits per heavy atom. The van der Waals surface area contributed by atoms with Gasteiger partial charge in [-0.25, -0.2) is 0 Å². The summed E-state index contributed by atoms with van der Waals surface area (Å²) in [4.78, 5) is 18.6. The standard InChI is InChI=1S/C18H25N3O2/c22-17(14-21-10-5-1-2-6-11-21)23-12-9-19-18-16-8-4-3-7-15(16)13-20-18/h3-4,7-8H,1-2,5-6,9-14H2,(H,19,20). The molecule has 0 bridgehead atoms. The molecule has 2 aliphatic rings. The van der Waals surface area contributed by atoms with E-state index in [9.17, 15) is 4.79 Å². The van der Waals surface area contributed by atoms with Gasteiger partial charge in [-0.3, -0.25) is 14.7 Å². The van der Waals surface area contributed by atoms with Crippen LogP contribution in [-0.4, -0.2) is 49.5 Å². The topological polar surface area (TPSA) is 53.9 Å². The molecule has 2 heterocycles. The number of carbonyl (C=O) groups excluding carboxylic acids is 1. The largest absolute Gasteiger partial charge is 0.463 e. The van der Waals surface area contributed by atoms with E-state index in [1.807, 2.05) is 12.1 Å². The molecule has 1 saturated heterocycles. The van der Waals surface area contributed by atoms with Crippen molar-refractivity contribution in [3.63, 3.8) is 0 Å². The van der Waals surface area contributed by atoms with Crippen molar-refractivity contribution < 1.29 is 9.53 Å². The van der Waals surface area contributed by atoms with Gasteiger partial charge in [0, 0.05) is 5.56 Å². The van der Waals surface area contributed by atoms with Crippen LogP contribution < -0.4 is 5.32 Å². The maximum Gasteiger partial charge on any atom is 0.320 e. The first-order valence-corrected chi connectivity index (χ1v) is 8.57. The lowest BCUT2D eigenvalue weighted by atomic mass is 10.1. The van der Waals surface area contributed by atoms with E-state index in [4.69, 9.17) is 4.74 Å². The van der Waals surface area contributed by atoms with E-state index in [0.29, 0.717) is 19.7 Å².